The third-order valence-electron chi connectivity index (χ3n) is 2.65. The molecule has 0 radical (unpaired) electrons. The van der Waals surface area contributed by atoms with E-state index in [-0.39, 0.29) is 6.04 Å². The Kier molecular flexibility index (Phi) is 4.86. The second kappa shape index (κ2) is 6.21. The fourth-order valence-electron chi connectivity index (χ4n) is 1.73. The first-order valence-electron chi connectivity index (χ1n) is 5.28. The molecule has 5 heteroatoms. The van der Waals surface area contributed by atoms with E-state index < -0.39 is 0 Å². The van der Waals surface area contributed by atoms with Crippen molar-refractivity contribution in [2.75, 3.05) is 0 Å². The summed E-state index contributed by atoms with van der Waals surface area (Å²) in [5, 5.41) is 1.07. The quantitative estimate of drug-likeness (QED) is 0.467. The van der Waals surface area contributed by atoms with Gasteiger partial charge in [-0.2, -0.15) is 0 Å². The Balaban J connectivity index is 2.38. The first-order valence-corrected chi connectivity index (χ1v) is 7.12. The van der Waals surface area contributed by atoms with Crippen molar-refractivity contribution >= 4 is 45.8 Å². The number of nitrogens with one attached hydrogen (secondary N) is 1. The zero-order valence-corrected chi connectivity index (χ0v) is 13.0. The summed E-state index contributed by atoms with van der Waals surface area (Å²) < 4.78 is 1.18. The van der Waals surface area contributed by atoms with Crippen LogP contribution in [-0.2, 0) is 0 Å². The lowest BCUT2D eigenvalue weighted by molar-refractivity contribution is 0.637. The molecule has 0 fully saturated rings. The third kappa shape index (κ3) is 3.16. The van der Waals surface area contributed by atoms with Crippen molar-refractivity contribution in [3.8, 4) is 0 Å². The molecule has 0 heterocycles. The smallest absolute Gasteiger partial charge is 0.0710 e. The van der Waals surface area contributed by atoms with Crippen LogP contribution in [0.2, 0.25) is 10.0 Å². The molecule has 3 N–H and O–H groups in total. The highest BCUT2D eigenvalue weighted by Gasteiger charge is 2.13. The first kappa shape index (κ1) is 14.1. The van der Waals surface area contributed by atoms with Gasteiger partial charge in [0, 0.05) is 3.57 Å². The lowest BCUT2D eigenvalue weighted by atomic mass is 9.99. The van der Waals surface area contributed by atoms with E-state index in [1.165, 1.54) is 3.57 Å². The van der Waals surface area contributed by atoms with Crippen LogP contribution >= 0.6 is 45.8 Å². The summed E-state index contributed by atoms with van der Waals surface area (Å²) in [4.78, 5) is 0. The lowest BCUT2D eigenvalue weighted by Gasteiger charge is -2.17. The van der Waals surface area contributed by atoms with E-state index in [9.17, 15) is 0 Å². The Labute approximate surface area is 130 Å². The van der Waals surface area contributed by atoms with Gasteiger partial charge in [-0.15, -0.1) is 0 Å². The molecule has 1 unspecified atom stereocenters. The maximum absolute atomic E-state index is 6.03. The van der Waals surface area contributed by atoms with Crippen LogP contribution in [0.15, 0.2) is 42.5 Å². The molecule has 0 spiro atoms. The summed E-state index contributed by atoms with van der Waals surface area (Å²) in [5.41, 5.74) is 4.86. The molecule has 0 aromatic heterocycles. The predicted molar refractivity (Wildman–Crippen MR) is 84.8 cm³/mol. The van der Waals surface area contributed by atoms with Gasteiger partial charge >= 0.3 is 0 Å². The number of halogens is 3. The molecule has 2 aromatic rings. The van der Waals surface area contributed by atoms with Crippen molar-refractivity contribution in [3.63, 3.8) is 0 Å². The molecule has 0 aliphatic heterocycles. The van der Waals surface area contributed by atoms with Crippen LogP contribution in [-0.4, -0.2) is 0 Å². The lowest BCUT2D eigenvalue weighted by Crippen LogP contribution is -2.28. The fourth-order valence-corrected chi connectivity index (χ4v) is 2.40. The number of hydrazine groups is 1. The highest BCUT2D eigenvalue weighted by atomic mass is 127. The molecule has 18 heavy (non-hydrogen) atoms. The number of rotatable bonds is 3. The molecule has 2 nitrogen and oxygen atoms in total. The van der Waals surface area contributed by atoms with Gasteiger partial charge in [-0.3, -0.25) is 5.84 Å². The number of hydrogen-bond acceptors (Lipinski definition) is 2. The van der Waals surface area contributed by atoms with Crippen molar-refractivity contribution in [2.45, 2.75) is 6.04 Å². The molecule has 0 aliphatic rings. The van der Waals surface area contributed by atoms with E-state index in [0.29, 0.717) is 10.0 Å². The molecule has 0 saturated heterocycles. The van der Waals surface area contributed by atoms with Gasteiger partial charge in [-0.1, -0.05) is 41.4 Å². The molecule has 2 rings (SSSR count). The molecule has 0 amide bonds. The van der Waals surface area contributed by atoms with Gasteiger partial charge in [0.05, 0.1) is 16.1 Å². The van der Waals surface area contributed by atoms with Crippen molar-refractivity contribution in [3.05, 3.63) is 67.2 Å². The van der Waals surface area contributed by atoms with Crippen molar-refractivity contribution in [1.29, 1.82) is 0 Å². The van der Waals surface area contributed by atoms with Crippen molar-refractivity contribution in [1.82, 2.24) is 5.43 Å². The minimum atomic E-state index is -0.100. The van der Waals surface area contributed by atoms with Crippen LogP contribution < -0.4 is 11.3 Å². The fraction of sp³-hybridized carbons (Fsp3) is 0.0769. The topological polar surface area (TPSA) is 38.0 Å². The van der Waals surface area contributed by atoms with Gasteiger partial charge in [0.1, 0.15) is 0 Å². The minimum absolute atomic E-state index is 0.100. The van der Waals surface area contributed by atoms with Crippen molar-refractivity contribution in [2.24, 2.45) is 5.84 Å². The Hall–Kier alpha value is -0.330. The summed E-state index contributed by atoms with van der Waals surface area (Å²) in [7, 11) is 0. The van der Waals surface area contributed by atoms with E-state index >= 15 is 0 Å². The Morgan fingerprint density at radius 3 is 2.11 bits per heavy atom. The molecular formula is C13H11Cl2IN2. The molecule has 0 bridgehead atoms. The molecule has 0 saturated carbocycles. The zero-order chi connectivity index (χ0) is 13.1. The van der Waals surface area contributed by atoms with Gasteiger partial charge < -0.3 is 0 Å². The average Bonchev–Trinajstić information content (AvgIpc) is 2.37. The minimum Gasteiger partial charge on any atom is -0.271 e. The molecule has 1 atom stereocenters. The van der Waals surface area contributed by atoms with E-state index in [2.05, 4.69) is 28.0 Å². The summed E-state index contributed by atoms with van der Waals surface area (Å²) >= 11 is 14.2. The van der Waals surface area contributed by atoms with Crippen LogP contribution in [0.25, 0.3) is 0 Å². The highest BCUT2D eigenvalue weighted by molar-refractivity contribution is 14.1. The van der Waals surface area contributed by atoms with Gasteiger partial charge in [-0.05, 0) is 58.0 Å². The standard InChI is InChI=1S/C13H11Cl2IN2/c14-11-6-3-9(7-12(11)15)13(18-17)8-1-4-10(16)5-2-8/h1-7,13,18H,17H2. The maximum atomic E-state index is 6.03. The number of hydrogen-bond donors (Lipinski definition) is 2. The Morgan fingerprint density at radius 1 is 0.944 bits per heavy atom. The van der Waals surface area contributed by atoms with E-state index in [1.54, 1.807) is 6.07 Å². The second-order valence-corrected chi connectivity index (χ2v) is 5.88. The summed E-state index contributed by atoms with van der Waals surface area (Å²) in [6.45, 7) is 0. The van der Waals surface area contributed by atoms with E-state index in [0.717, 1.165) is 11.1 Å². The van der Waals surface area contributed by atoms with Crippen LogP contribution in [0.5, 0.6) is 0 Å². The molecule has 0 aliphatic carbocycles. The highest BCUT2D eigenvalue weighted by Crippen LogP contribution is 2.28. The van der Waals surface area contributed by atoms with Gasteiger partial charge in [0.2, 0.25) is 0 Å². The van der Waals surface area contributed by atoms with Gasteiger partial charge in [-0.25, -0.2) is 5.43 Å². The molecule has 94 valence electrons. The second-order valence-electron chi connectivity index (χ2n) is 3.82. The van der Waals surface area contributed by atoms with Crippen LogP contribution in [0, 0.1) is 3.57 Å². The maximum Gasteiger partial charge on any atom is 0.0710 e. The first-order chi connectivity index (χ1) is 8.61. The van der Waals surface area contributed by atoms with Gasteiger partial charge in [0.25, 0.3) is 0 Å². The largest absolute Gasteiger partial charge is 0.271 e. The van der Waals surface area contributed by atoms with E-state index in [1.807, 2.05) is 36.4 Å². The van der Waals surface area contributed by atoms with Crippen LogP contribution in [0.1, 0.15) is 17.2 Å². The van der Waals surface area contributed by atoms with E-state index in [4.69, 9.17) is 29.0 Å². The summed E-state index contributed by atoms with van der Waals surface area (Å²) in [5.74, 6) is 5.64. The summed E-state index contributed by atoms with van der Waals surface area (Å²) in [6, 6.07) is 13.6. The number of benzene rings is 2. The third-order valence-corrected chi connectivity index (χ3v) is 4.11. The molecular weight excluding hydrogens is 382 g/mol. The molecule has 2 aromatic carbocycles. The summed E-state index contributed by atoms with van der Waals surface area (Å²) in [6.07, 6.45) is 0. The van der Waals surface area contributed by atoms with Crippen LogP contribution in [0.3, 0.4) is 0 Å². The van der Waals surface area contributed by atoms with Crippen LogP contribution in [0.4, 0.5) is 0 Å². The normalized spacial score (nSPS) is 12.4. The van der Waals surface area contributed by atoms with Gasteiger partial charge in [0.15, 0.2) is 0 Å². The monoisotopic (exact) mass is 392 g/mol. The Bertz CT molecular complexity index is 543. The SMILES string of the molecule is NNC(c1ccc(I)cc1)c1ccc(Cl)c(Cl)c1. The van der Waals surface area contributed by atoms with Crippen molar-refractivity contribution < 1.29 is 0 Å². The predicted octanol–water partition coefficient (Wildman–Crippen LogP) is 4.15. The Morgan fingerprint density at radius 2 is 1.56 bits per heavy atom. The zero-order valence-electron chi connectivity index (χ0n) is 9.33. The number of nitrogens with two attached hydrogens (primary N) is 1. The average molecular weight is 393 g/mol.